The van der Waals surface area contributed by atoms with Gasteiger partial charge in [-0.2, -0.15) is 8.42 Å². The van der Waals surface area contributed by atoms with Gasteiger partial charge in [-0.05, 0) is 43.3 Å². The van der Waals surface area contributed by atoms with Crippen molar-refractivity contribution in [3.05, 3.63) is 92.9 Å². The Bertz CT molecular complexity index is 1470. The lowest BCUT2D eigenvalue weighted by Crippen LogP contribution is -2.24. The normalized spacial score (nSPS) is 11.4. The molecule has 2 aromatic heterocycles. The van der Waals surface area contributed by atoms with Crippen LogP contribution in [0.25, 0.3) is 10.9 Å². The molecule has 2 heterocycles. The molecule has 0 spiro atoms. The summed E-state index contributed by atoms with van der Waals surface area (Å²) in [6, 6.07) is 15.3. The first-order valence-electron chi connectivity index (χ1n) is 9.16. The summed E-state index contributed by atoms with van der Waals surface area (Å²) in [6.07, 6.45) is 0.886. The monoisotopic (exact) mass is 439 g/mol. The number of para-hydroxylation sites is 1. The number of pyridine rings is 1. The number of nitrogens with one attached hydrogen (secondary N) is 2. The number of benzene rings is 2. The second kappa shape index (κ2) is 8.07. The molecule has 4 rings (SSSR count). The minimum atomic E-state index is -4.27. The average Bonchev–Trinajstić information content (AvgIpc) is 2.74. The van der Waals surface area contributed by atoms with Crippen molar-refractivity contribution in [2.45, 2.75) is 18.4 Å². The predicted molar refractivity (Wildman–Crippen MR) is 113 cm³/mol. The smallest absolute Gasteiger partial charge is 0.339 e. The fourth-order valence-electron chi connectivity index (χ4n) is 3.00. The Kier molecular flexibility index (Phi) is 5.30. The molecule has 0 radical (unpaired) electrons. The Labute approximate surface area is 176 Å². The number of aromatic nitrogens is 3. The highest BCUT2D eigenvalue weighted by atomic mass is 32.2. The van der Waals surface area contributed by atoms with E-state index in [1.807, 2.05) is 42.2 Å². The third-order valence-electron chi connectivity index (χ3n) is 4.42. The molecule has 10 heteroatoms. The summed E-state index contributed by atoms with van der Waals surface area (Å²) >= 11 is 0. The van der Waals surface area contributed by atoms with E-state index in [4.69, 9.17) is 8.92 Å². The lowest BCUT2D eigenvalue weighted by Gasteiger charge is -2.11. The average molecular weight is 439 g/mol. The molecule has 0 bridgehead atoms. The first kappa shape index (κ1) is 20.4. The van der Waals surface area contributed by atoms with Gasteiger partial charge in [0.2, 0.25) is 5.75 Å². The number of ether oxygens (including phenoxy) is 1. The van der Waals surface area contributed by atoms with Gasteiger partial charge in [0.05, 0.1) is 11.7 Å². The molecule has 31 heavy (non-hydrogen) atoms. The van der Waals surface area contributed by atoms with E-state index in [0.29, 0.717) is 5.75 Å². The van der Waals surface area contributed by atoms with Gasteiger partial charge in [0.1, 0.15) is 17.3 Å². The fourth-order valence-corrected chi connectivity index (χ4v) is 3.93. The molecule has 0 saturated heterocycles. The van der Waals surface area contributed by atoms with Crippen LogP contribution in [0.2, 0.25) is 0 Å². The van der Waals surface area contributed by atoms with Crippen molar-refractivity contribution in [2.24, 2.45) is 0 Å². The molecule has 0 unspecified atom stereocenters. The van der Waals surface area contributed by atoms with Gasteiger partial charge in [-0.3, -0.25) is 14.8 Å². The molecule has 0 aliphatic heterocycles. The summed E-state index contributed by atoms with van der Waals surface area (Å²) in [5.74, 6) is -0.0840. The van der Waals surface area contributed by atoms with Gasteiger partial charge in [-0.25, -0.2) is 4.79 Å². The summed E-state index contributed by atoms with van der Waals surface area (Å²) in [7, 11) is -4.27. The van der Waals surface area contributed by atoms with Gasteiger partial charge in [0.15, 0.2) is 0 Å². The van der Waals surface area contributed by atoms with Crippen molar-refractivity contribution in [1.29, 1.82) is 0 Å². The van der Waals surface area contributed by atoms with Crippen molar-refractivity contribution in [3.63, 3.8) is 0 Å². The van der Waals surface area contributed by atoms with E-state index >= 15 is 0 Å². The maximum atomic E-state index is 12.4. The highest BCUT2D eigenvalue weighted by Gasteiger charge is 2.19. The fraction of sp³-hybridized carbons (Fsp3) is 0.0952. The van der Waals surface area contributed by atoms with Crippen LogP contribution >= 0.6 is 0 Å². The standard InChI is InChI=1S/C21H17N3O6S/c1-13-10-14(17-4-2-3-5-18(17)23-13)12-29-15-6-8-16(9-7-15)31(27,28)30-19-11-22-21(26)24-20(19)25/h2-11H,12H2,1H3,(H2,22,24,25,26). The second-order valence-electron chi connectivity index (χ2n) is 6.67. The molecule has 0 aliphatic rings. The lowest BCUT2D eigenvalue weighted by atomic mass is 10.1. The molecule has 158 valence electrons. The topological polar surface area (TPSA) is 131 Å². The zero-order chi connectivity index (χ0) is 22.0. The minimum absolute atomic E-state index is 0.171. The van der Waals surface area contributed by atoms with Crippen molar-refractivity contribution < 1.29 is 17.3 Å². The largest absolute Gasteiger partial charge is 0.489 e. The summed E-state index contributed by atoms with van der Waals surface area (Å²) in [4.78, 5) is 31.1. The van der Waals surface area contributed by atoms with Gasteiger partial charge >= 0.3 is 15.8 Å². The maximum absolute atomic E-state index is 12.4. The molecular weight excluding hydrogens is 422 g/mol. The zero-order valence-electron chi connectivity index (χ0n) is 16.3. The number of rotatable bonds is 6. The Balaban J connectivity index is 1.51. The van der Waals surface area contributed by atoms with E-state index in [1.54, 1.807) is 0 Å². The van der Waals surface area contributed by atoms with E-state index in [2.05, 4.69) is 9.97 Å². The molecule has 2 aromatic carbocycles. The molecule has 0 amide bonds. The van der Waals surface area contributed by atoms with Crippen LogP contribution in [0, 0.1) is 6.92 Å². The second-order valence-corrected chi connectivity index (χ2v) is 8.22. The summed E-state index contributed by atoms with van der Waals surface area (Å²) in [5.41, 5.74) is 0.978. The van der Waals surface area contributed by atoms with Crippen LogP contribution in [0.1, 0.15) is 11.3 Å². The van der Waals surface area contributed by atoms with Gasteiger partial charge < -0.3 is 13.9 Å². The van der Waals surface area contributed by atoms with Crippen molar-refractivity contribution >= 4 is 21.0 Å². The van der Waals surface area contributed by atoms with Crippen molar-refractivity contribution in [3.8, 4) is 11.5 Å². The van der Waals surface area contributed by atoms with Gasteiger partial charge in [-0.1, -0.05) is 18.2 Å². The van der Waals surface area contributed by atoms with Crippen LogP contribution < -0.4 is 20.2 Å². The van der Waals surface area contributed by atoms with Crippen molar-refractivity contribution in [2.75, 3.05) is 0 Å². The molecule has 0 aliphatic carbocycles. The first-order valence-corrected chi connectivity index (χ1v) is 10.6. The third-order valence-corrected chi connectivity index (χ3v) is 5.67. The summed E-state index contributed by atoms with van der Waals surface area (Å²) in [5, 5.41) is 0.979. The van der Waals surface area contributed by atoms with E-state index in [-0.39, 0.29) is 11.5 Å². The molecule has 0 atom stereocenters. The van der Waals surface area contributed by atoms with Crippen LogP contribution in [-0.2, 0) is 16.7 Å². The highest BCUT2D eigenvalue weighted by molar-refractivity contribution is 7.87. The van der Waals surface area contributed by atoms with Crippen LogP contribution in [0.15, 0.2) is 75.3 Å². The van der Waals surface area contributed by atoms with Gasteiger partial charge in [-0.15, -0.1) is 0 Å². The van der Waals surface area contributed by atoms with Crippen LogP contribution in [0.4, 0.5) is 0 Å². The summed E-state index contributed by atoms with van der Waals surface area (Å²) in [6.45, 7) is 2.18. The van der Waals surface area contributed by atoms with Crippen molar-refractivity contribution in [1.82, 2.24) is 15.0 Å². The molecular formula is C21H17N3O6S. The first-order chi connectivity index (χ1) is 14.8. The Morgan fingerprint density at radius 1 is 1.03 bits per heavy atom. The number of hydrogen-bond donors (Lipinski definition) is 2. The Morgan fingerprint density at radius 3 is 2.52 bits per heavy atom. The molecule has 0 fully saturated rings. The number of aryl methyl sites for hydroxylation is 1. The van der Waals surface area contributed by atoms with Crippen LogP contribution in [0.3, 0.4) is 0 Å². The Morgan fingerprint density at radius 2 is 1.77 bits per heavy atom. The SMILES string of the molecule is Cc1cc(COc2ccc(S(=O)(=O)Oc3c[nH]c(=O)[nH]c3=O)cc2)c2ccccc2n1. The highest BCUT2D eigenvalue weighted by Crippen LogP contribution is 2.22. The van der Waals surface area contributed by atoms with Crippen LogP contribution in [-0.4, -0.2) is 23.4 Å². The number of nitrogens with zero attached hydrogens (tertiary/aromatic N) is 1. The van der Waals surface area contributed by atoms with E-state index < -0.39 is 27.1 Å². The predicted octanol–water partition coefficient (Wildman–Crippen LogP) is 2.27. The quantitative estimate of drug-likeness (QED) is 0.441. The van der Waals surface area contributed by atoms with Gasteiger partial charge in [0, 0.05) is 16.6 Å². The van der Waals surface area contributed by atoms with E-state index in [1.165, 1.54) is 24.3 Å². The van der Waals surface area contributed by atoms with Gasteiger partial charge in [0.25, 0.3) is 5.56 Å². The number of H-pyrrole nitrogens is 2. The number of aromatic amines is 2. The summed E-state index contributed by atoms with van der Waals surface area (Å²) < 4.78 is 35.4. The molecule has 9 nitrogen and oxygen atoms in total. The maximum Gasteiger partial charge on any atom is 0.339 e. The Hall–Kier alpha value is -3.92. The van der Waals surface area contributed by atoms with E-state index in [0.717, 1.165) is 28.4 Å². The zero-order valence-corrected chi connectivity index (χ0v) is 17.1. The number of hydrogen-bond acceptors (Lipinski definition) is 7. The lowest BCUT2D eigenvalue weighted by molar-refractivity contribution is 0.307. The van der Waals surface area contributed by atoms with Crippen LogP contribution in [0.5, 0.6) is 11.5 Å². The molecule has 4 aromatic rings. The minimum Gasteiger partial charge on any atom is -0.489 e. The number of fused-ring (bicyclic) bond motifs is 1. The molecule has 0 saturated carbocycles. The van der Waals surface area contributed by atoms with E-state index in [9.17, 15) is 18.0 Å². The molecule has 2 N–H and O–H groups in total. The third kappa shape index (κ3) is 4.48.